The highest BCUT2D eigenvalue weighted by Gasteiger charge is 2.33. The minimum Gasteiger partial charge on any atom is -0.347 e. The number of nitriles is 1. The van der Waals surface area contributed by atoms with Gasteiger partial charge in [-0.05, 0) is 12.8 Å². The second kappa shape index (κ2) is 6.20. The Balaban J connectivity index is 1.98. The van der Waals surface area contributed by atoms with Crippen molar-refractivity contribution in [2.75, 3.05) is 25.5 Å². The average Bonchev–Trinajstić information content (AvgIpc) is 3.18. The third-order valence-electron chi connectivity index (χ3n) is 4.10. The minimum absolute atomic E-state index is 0.0890. The van der Waals surface area contributed by atoms with Crippen LogP contribution in [0.5, 0.6) is 0 Å². The fourth-order valence-electron chi connectivity index (χ4n) is 3.00. The lowest BCUT2D eigenvalue weighted by molar-refractivity contribution is -0.129. The summed E-state index contributed by atoms with van der Waals surface area (Å²) < 4.78 is 1.71. The maximum Gasteiger partial charge on any atom is 0.244 e. The first-order chi connectivity index (χ1) is 11.1. The summed E-state index contributed by atoms with van der Waals surface area (Å²) in [6.07, 6.45) is 5.38. The lowest BCUT2D eigenvalue weighted by Gasteiger charge is -2.27. The number of aromatic nitrogens is 4. The van der Waals surface area contributed by atoms with Crippen molar-refractivity contribution in [2.45, 2.75) is 31.8 Å². The summed E-state index contributed by atoms with van der Waals surface area (Å²) in [6.45, 7) is 1.29. The Kier molecular flexibility index (Phi) is 4.10. The van der Waals surface area contributed by atoms with Gasteiger partial charge in [0.15, 0.2) is 5.65 Å². The number of fused-ring (bicyclic) bond motifs is 1. The number of aryl methyl sites for hydroxylation is 1. The van der Waals surface area contributed by atoms with E-state index in [-0.39, 0.29) is 11.9 Å². The molecule has 0 aromatic carbocycles. The summed E-state index contributed by atoms with van der Waals surface area (Å²) in [7, 11) is 3.54. The second-order valence-electron chi connectivity index (χ2n) is 5.79. The smallest absolute Gasteiger partial charge is 0.244 e. The number of carbonyl (C=O) groups excluding carboxylic acids is 1. The van der Waals surface area contributed by atoms with Crippen molar-refractivity contribution in [2.24, 2.45) is 0 Å². The van der Waals surface area contributed by atoms with E-state index in [1.807, 2.05) is 4.90 Å². The second-order valence-corrected chi connectivity index (χ2v) is 5.79. The number of hydrogen-bond donors (Lipinski definition) is 0. The van der Waals surface area contributed by atoms with E-state index in [2.05, 4.69) is 21.1 Å². The normalized spacial score (nSPS) is 17.4. The summed E-state index contributed by atoms with van der Waals surface area (Å²) in [6, 6.07) is 1.92. The zero-order valence-corrected chi connectivity index (χ0v) is 13.3. The van der Waals surface area contributed by atoms with Gasteiger partial charge in [-0.15, -0.1) is 0 Å². The van der Waals surface area contributed by atoms with Gasteiger partial charge in [0.05, 0.1) is 30.6 Å². The summed E-state index contributed by atoms with van der Waals surface area (Å²) in [5, 5.41) is 13.9. The largest absolute Gasteiger partial charge is 0.347 e. The molecular formula is C15H19N7O. The maximum absolute atomic E-state index is 12.4. The molecule has 0 saturated carbocycles. The van der Waals surface area contributed by atoms with Crippen molar-refractivity contribution in [1.82, 2.24) is 24.6 Å². The van der Waals surface area contributed by atoms with Crippen LogP contribution in [0.15, 0.2) is 12.5 Å². The molecule has 0 spiro atoms. The molecule has 0 radical (unpaired) electrons. The third-order valence-corrected chi connectivity index (χ3v) is 4.10. The zero-order chi connectivity index (χ0) is 16.4. The van der Waals surface area contributed by atoms with Crippen LogP contribution in [0.3, 0.4) is 0 Å². The van der Waals surface area contributed by atoms with Gasteiger partial charge in [0.2, 0.25) is 5.91 Å². The first-order valence-corrected chi connectivity index (χ1v) is 7.64. The van der Waals surface area contributed by atoms with Crippen LogP contribution in [0, 0.1) is 11.3 Å². The van der Waals surface area contributed by atoms with Gasteiger partial charge in [-0.2, -0.15) is 10.4 Å². The summed E-state index contributed by atoms with van der Waals surface area (Å²) in [5.41, 5.74) is 0.702. The van der Waals surface area contributed by atoms with E-state index >= 15 is 0 Å². The molecule has 2 aromatic rings. The molecule has 8 nitrogen and oxygen atoms in total. The Bertz CT molecular complexity index is 761. The average molecular weight is 313 g/mol. The molecule has 8 heteroatoms. The molecule has 3 heterocycles. The molecule has 1 aliphatic rings. The van der Waals surface area contributed by atoms with Crippen molar-refractivity contribution in [1.29, 1.82) is 5.26 Å². The van der Waals surface area contributed by atoms with Gasteiger partial charge < -0.3 is 9.80 Å². The van der Waals surface area contributed by atoms with Gasteiger partial charge >= 0.3 is 0 Å². The van der Waals surface area contributed by atoms with Crippen molar-refractivity contribution in [3.8, 4) is 6.07 Å². The van der Waals surface area contributed by atoms with Crippen molar-refractivity contribution >= 4 is 22.8 Å². The highest BCUT2D eigenvalue weighted by molar-refractivity contribution is 5.91. The van der Waals surface area contributed by atoms with Crippen LogP contribution in [0.4, 0.5) is 5.82 Å². The van der Waals surface area contributed by atoms with Crippen LogP contribution >= 0.6 is 0 Å². The van der Waals surface area contributed by atoms with E-state index in [1.54, 1.807) is 29.9 Å². The van der Waals surface area contributed by atoms with Crippen molar-refractivity contribution < 1.29 is 4.79 Å². The predicted molar refractivity (Wildman–Crippen MR) is 84.6 cm³/mol. The summed E-state index contributed by atoms with van der Waals surface area (Å²) >= 11 is 0. The van der Waals surface area contributed by atoms with E-state index < -0.39 is 0 Å². The number of likely N-dealkylation sites (N-methyl/N-ethyl adjacent to an activating group) is 1. The fraction of sp³-hybridized carbons (Fsp3) is 0.533. The van der Waals surface area contributed by atoms with Gasteiger partial charge in [-0.25, -0.2) is 14.6 Å². The van der Waals surface area contributed by atoms with E-state index in [9.17, 15) is 4.79 Å². The summed E-state index contributed by atoms with van der Waals surface area (Å²) in [4.78, 5) is 24.8. The quantitative estimate of drug-likeness (QED) is 0.829. The van der Waals surface area contributed by atoms with Crippen LogP contribution in [0.25, 0.3) is 11.0 Å². The Morgan fingerprint density at radius 3 is 3.04 bits per heavy atom. The van der Waals surface area contributed by atoms with Crippen molar-refractivity contribution in [3.05, 3.63) is 12.5 Å². The molecule has 120 valence electrons. The number of amides is 1. The van der Waals surface area contributed by atoms with E-state index in [1.165, 1.54) is 6.33 Å². The molecule has 0 bridgehead atoms. The SMILES string of the molecule is CN(C)C(=O)[C@H]1CCCN1c1ncnc2c1cnn2CCC#N. The highest BCUT2D eigenvalue weighted by Crippen LogP contribution is 2.30. The number of carbonyl (C=O) groups is 1. The minimum atomic E-state index is -0.189. The maximum atomic E-state index is 12.4. The number of anilines is 1. The van der Waals surface area contributed by atoms with Crippen LogP contribution in [-0.4, -0.2) is 57.2 Å². The zero-order valence-electron chi connectivity index (χ0n) is 13.3. The molecule has 1 aliphatic heterocycles. The van der Waals surface area contributed by atoms with Gasteiger partial charge in [-0.1, -0.05) is 0 Å². The Labute approximate surface area is 134 Å². The van der Waals surface area contributed by atoms with Gasteiger partial charge in [0.1, 0.15) is 18.2 Å². The monoisotopic (exact) mass is 313 g/mol. The number of rotatable bonds is 4. The molecule has 1 atom stereocenters. The molecular weight excluding hydrogens is 294 g/mol. The van der Waals surface area contributed by atoms with Gasteiger partial charge in [-0.3, -0.25) is 4.79 Å². The topological polar surface area (TPSA) is 90.9 Å². The lowest BCUT2D eigenvalue weighted by Crippen LogP contribution is -2.43. The Hall–Kier alpha value is -2.69. The number of hydrogen-bond acceptors (Lipinski definition) is 6. The molecule has 1 amide bonds. The van der Waals surface area contributed by atoms with Crippen molar-refractivity contribution in [3.63, 3.8) is 0 Å². The van der Waals surface area contributed by atoms with E-state index in [4.69, 9.17) is 5.26 Å². The van der Waals surface area contributed by atoms with Gasteiger partial charge in [0, 0.05) is 20.6 Å². The molecule has 0 aliphatic carbocycles. The van der Waals surface area contributed by atoms with Crippen LogP contribution < -0.4 is 4.90 Å². The predicted octanol–water partition coefficient (Wildman–Crippen LogP) is 0.797. The molecule has 2 aromatic heterocycles. The fourth-order valence-corrected chi connectivity index (χ4v) is 3.00. The molecule has 23 heavy (non-hydrogen) atoms. The Morgan fingerprint density at radius 2 is 2.30 bits per heavy atom. The van der Waals surface area contributed by atoms with E-state index in [0.29, 0.717) is 18.6 Å². The van der Waals surface area contributed by atoms with Crippen LogP contribution in [0.2, 0.25) is 0 Å². The molecule has 0 N–H and O–H groups in total. The van der Waals surface area contributed by atoms with Gasteiger partial charge in [0.25, 0.3) is 0 Å². The Morgan fingerprint density at radius 1 is 1.48 bits per heavy atom. The molecule has 0 unspecified atom stereocenters. The third kappa shape index (κ3) is 2.70. The highest BCUT2D eigenvalue weighted by atomic mass is 16.2. The number of nitrogens with zero attached hydrogens (tertiary/aromatic N) is 7. The molecule has 3 rings (SSSR count). The van der Waals surface area contributed by atoms with E-state index in [0.717, 1.165) is 30.6 Å². The first kappa shape index (κ1) is 15.2. The summed E-state index contributed by atoms with van der Waals surface area (Å²) in [5.74, 6) is 0.835. The molecule has 1 fully saturated rings. The lowest BCUT2D eigenvalue weighted by atomic mass is 10.2. The molecule has 1 saturated heterocycles. The van der Waals surface area contributed by atoms with Crippen LogP contribution in [0.1, 0.15) is 19.3 Å². The van der Waals surface area contributed by atoms with Crippen LogP contribution in [-0.2, 0) is 11.3 Å². The standard InChI is InChI=1S/C15H19N7O/c1-20(2)15(23)12-5-3-7-21(12)13-11-9-19-22(8-4-6-16)14(11)18-10-17-13/h9-10,12H,3-5,7-8H2,1-2H3/t12-/m1/s1. The first-order valence-electron chi connectivity index (χ1n) is 7.64.